The van der Waals surface area contributed by atoms with Crippen molar-refractivity contribution >= 4 is 23.1 Å². The molecule has 22 heavy (non-hydrogen) atoms. The highest BCUT2D eigenvalue weighted by molar-refractivity contribution is 6.04. The van der Waals surface area contributed by atoms with E-state index in [-0.39, 0.29) is 11.7 Å². The van der Waals surface area contributed by atoms with E-state index in [1.165, 1.54) is 12.5 Å². The third-order valence-corrected chi connectivity index (χ3v) is 3.90. The lowest BCUT2D eigenvalue weighted by Gasteiger charge is -2.19. The molecule has 1 heterocycles. The van der Waals surface area contributed by atoms with Crippen molar-refractivity contribution in [2.75, 3.05) is 23.3 Å². The molecule has 1 N–H and O–H groups in total. The summed E-state index contributed by atoms with van der Waals surface area (Å²) in [6, 6.07) is 15.2. The van der Waals surface area contributed by atoms with Gasteiger partial charge in [0.25, 0.3) is 0 Å². The Morgan fingerprint density at radius 3 is 2.64 bits per heavy atom. The van der Waals surface area contributed by atoms with Crippen molar-refractivity contribution in [3.8, 4) is 0 Å². The molecule has 0 bridgehead atoms. The Morgan fingerprint density at radius 1 is 1.09 bits per heavy atom. The Balaban J connectivity index is 1.71. The van der Waals surface area contributed by atoms with E-state index in [2.05, 4.69) is 16.3 Å². The molecule has 0 aliphatic carbocycles. The van der Waals surface area contributed by atoms with Crippen LogP contribution in [0.4, 0.5) is 11.4 Å². The summed E-state index contributed by atoms with van der Waals surface area (Å²) in [4.78, 5) is 26.0. The van der Waals surface area contributed by atoms with Gasteiger partial charge < -0.3 is 10.2 Å². The summed E-state index contributed by atoms with van der Waals surface area (Å²) in [5.41, 5.74) is 3.52. The van der Waals surface area contributed by atoms with E-state index in [9.17, 15) is 9.59 Å². The standard InChI is InChI=1S/C18H18N2O2/c1-13(21)15-7-3-4-8-16(15)19-18(22)12-20-11-10-14-6-2-5-9-17(14)20/h2-9H,10-12H2,1H3,(H,19,22). The number of rotatable bonds is 4. The Bertz CT molecular complexity index is 725. The van der Waals surface area contributed by atoms with Crippen molar-refractivity contribution in [2.24, 2.45) is 0 Å². The second-order valence-electron chi connectivity index (χ2n) is 5.45. The second-order valence-corrected chi connectivity index (χ2v) is 5.45. The highest BCUT2D eigenvalue weighted by Gasteiger charge is 2.21. The molecule has 0 saturated heterocycles. The molecule has 0 atom stereocenters. The first-order valence-electron chi connectivity index (χ1n) is 7.38. The predicted octanol–water partition coefficient (Wildman–Crippen LogP) is 2.89. The van der Waals surface area contributed by atoms with Crippen molar-refractivity contribution in [1.29, 1.82) is 0 Å². The van der Waals surface area contributed by atoms with Crippen LogP contribution in [0.2, 0.25) is 0 Å². The number of carbonyl (C=O) groups excluding carboxylic acids is 2. The fourth-order valence-electron chi connectivity index (χ4n) is 2.83. The summed E-state index contributed by atoms with van der Waals surface area (Å²) in [7, 11) is 0. The maximum atomic E-state index is 12.3. The van der Waals surface area contributed by atoms with Crippen LogP contribution >= 0.6 is 0 Å². The van der Waals surface area contributed by atoms with E-state index in [1.54, 1.807) is 18.2 Å². The summed E-state index contributed by atoms with van der Waals surface area (Å²) >= 11 is 0. The number of hydrogen-bond donors (Lipinski definition) is 1. The number of ketones is 1. The van der Waals surface area contributed by atoms with Crippen LogP contribution in [0, 0.1) is 0 Å². The Kier molecular flexibility index (Phi) is 3.92. The van der Waals surface area contributed by atoms with Crippen LogP contribution in [0.1, 0.15) is 22.8 Å². The number of para-hydroxylation sites is 2. The van der Waals surface area contributed by atoms with Crippen LogP contribution < -0.4 is 10.2 Å². The maximum absolute atomic E-state index is 12.3. The van der Waals surface area contributed by atoms with E-state index in [0.717, 1.165) is 18.7 Å². The zero-order valence-electron chi connectivity index (χ0n) is 12.5. The Labute approximate surface area is 129 Å². The first kappa shape index (κ1) is 14.3. The minimum Gasteiger partial charge on any atom is -0.362 e. The molecule has 3 rings (SSSR count). The molecule has 0 unspecified atom stereocenters. The van der Waals surface area contributed by atoms with Gasteiger partial charge in [0.1, 0.15) is 0 Å². The predicted molar refractivity (Wildman–Crippen MR) is 87.4 cm³/mol. The minimum atomic E-state index is -0.106. The molecule has 0 aromatic heterocycles. The normalized spacial score (nSPS) is 12.9. The van der Waals surface area contributed by atoms with Crippen LogP contribution in [0.5, 0.6) is 0 Å². The molecule has 1 aliphatic heterocycles. The molecule has 112 valence electrons. The van der Waals surface area contributed by atoms with Gasteiger partial charge in [-0.3, -0.25) is 9.59 Å². The molecule has 1 aliphatic rings. The number of nitrogens with one attached hydrogen (secondary N) is 1. The van der Waals surface area contributed by atoms with Crippen LogP contribution in [-0.2, 0) is 11.2 Å². The van der Waals surface area contributed by atoms with E-state index in [4.69, 9.17) is 0 Å². The molecule has 2 aromatic carbocycles. The van der Waals surface area contributed by atoms with Gasteiger partial charge in [0.05, 0.1) is 12.2 Å². The first-order valence-corrected chi connectivity index (χ1v) is 7.38. The molecule has 0 fully saturated rings. The SMILES string of the molecule is CC(=O)c1ccccc1NC(=O)CN1CCc2ccccc21. The van der Waals surface area contributed by atoms with Gasteiger partial charge in [-0.1, -0.05) is 30.3 Å². The van der Waals surface area contributed by atoms with Crippen molar-refractivity contribution in [2.45, 2.75) is 13.3 Å². The van der Waals surface area contributed by atoms with Crippen molar-refractivity contribution in [3.63, 3.8) is 0 Å². The average molecular weight is 294 g/mol. The molecule has 2 aromatic rings. The van der Waals surface area contributed by atoms with Crippen molar-refractivity contribution < 1.29 is 9.59 Å². The van der Waals surface area contributed by atoms with E-state index < -0.39 is 0 Å². The van der Waals surface area contributed by atoms with E-state index in [0.29, 0.717) is 17.8 Å². The van der Waals surface area contributed by atoms with Gasteiger partial charge in [-0.2, -0.15) is 0 Å². The van der Waals surface area contributed by atoms with Crippen LogP contribution in [0.15, 0.2) is 48.5 Å². The highest BCUT2D eigenvalue weighted by Crippen LogP contribution is 2.27. The lowest BCUT2D eigenvalue weighted by molar-refractivity contribution is -0.115. The molecule has 4 nitrogen and oxygen atoms in total. The molecule has 4 heteroatoms. The van der Waals surface area contributed by atoms with Gasteiger partial charge in [-0.05, 0) is 37.1 Å². The van der Waals surface area contributed by atoms with Crippen molar-refractivity contribution in [1.82, 2.24) is 0 Å². The topological polar surface area (TPSA) is 49.4 Å². The fraction of sp³-hybridized carbons (Fsp3) is 0.222. The quantitative estimate of drug-likeness (QED) is 0.882. The van der Waals surface area contributed by atoms with Gasteiger partial charge in [0.15, 0.2) is 5.78 Å². The van der Waals surface area contributed by atoms with Crippen LogP contribution in [0.3, 0.4) is 0 Å². The smallest absolute Gasteiger partial charge is 0.243 e. The summed E-state index contributed by atoms with van der Waals surface area (Å²) in [5, 5.41) is 2.85. The van der Waals surface area contributed by atoms with Gasteiger partial charge >= 0.3 is 0 Å². The second kappa shape index (κ2) is 6.02. The Morgan fingerprint density at radius 2 is 1.82 bits per heavy atom. The van der Waals surface area contributed by atoms with Gasteiger partial charge in [-0.15, -0.1) is 0 Å². The molecule has 0 saturated carbocycles. The zero-order valence-corrected chi connectivity index (χ0v) is 12.5. The monoisotopic (exact) mass is 294 g/mol. The maximum Gasteiger partial charge on any atom is 0.243 e. The van der Waals surface area contributed by atoms with E-state index >= 15 is 0 Å². The third-order valence-electron chi connectivity index (χ3n) is 3.90. The number of hydrogen-bond acceptors (Lipinski definition) is 3. The third kappa shape index (κ3) is 2.86. The van der Waals surface area contributed by atoms with Gasteiger partial charge in [0.2, 0.25) is 5.91 Å². The molecule has 0 spiro atoms. The molecular weight excluding hydrogens is 276 g/mol. The summed E-state index contributed by atoms with van der Waals surface area (Å²) in [6.07, 6.45) is 0.966. The molecule has 0 radical (unpaired) electrons. The molecular formula is C18H18N2O2. The number of benzene rings is 2. The summed E-state index contributed by atoms with van der Waals surface area (Å²) in [5.74, 6) is -0.159. The zero-order chi connectivity index (χ0) is 15.5. The number of carbonyl (C=O) groups is 2. The van der Waals surface area contributed by atoms with Gasteiger partial charge in [-0.25, -0.2) is 0 Å². The largest absolute Gasteiger partial charge is 0.362 e. The average Bonchev–Trinajstić information content (AvgIpc) is 2.91. The van der Waals surface area contributed by atoms with Crippen molar-refractivity contribution in [3.05, 3.63) is 59.7 Å². The number of nitrogens with zero attached hydrogens (tertiary/aromatic N) is 1. The van der Waals surface area contributed by atoms with Crippen LogP contribution in [-0.4, -0.2) is 24.8 Å². The lowest BCUT2D eigenvalue weighted by atomic mass is 10.1. The number of amides is 1. The molecule has 1 amide bonds. The lowest BCUT2D eigenvalue weighted by Crippen LogP contribution is -2.32. The van der Waals surface area contributed by atoms with Crippen LogP contribution in [0.25, 0.3) is 0 Å². The van der Waals surface area contributed by atoms with Gasteiger partial charge in [0, 0.05) is 17.8 Å². The minimum absolute atomic E-state index is 0.0533. The number of anilines is 2. The number of fused-ring (bicyclic) bond motifs is 1. The summed E-state index contributed by atoms with van der Waals surface area (Å²) in [6.45, 7) is 2.64. The highest BCUT2D eigenvalue weighted by atomic mass is 16.2. The van der Waals surface area contributed by atoms with E-state index in [1.807, 2.05) is 24.3 Å². The first-order chi connectivity index (χ1) is 10.6. The Hall–Kier alpha value is -2.62. The summed E-state index contributed by atoms with van der Waals surface area (Å²) < 4.78 is 0. The fourth-order valence-corrected chi connectivity index (χ4v) is 2.83. The number of Topliss-reactive ketones (excluding diaryl/α,β-unsaturated/α-hetero) is 1.